The molecule has 0 radical (unpaired) electrons. The third kappa shape index (κ3) is 11.4. The molecule has 0 unspecified atom stereocenters. The maximum absolute atomic E-state index is 2.57. The van der Waals surface area contributed by atoms with Crippen molar-refractivity contribution in [2.24, 2.45) is 0 Å². The molecule has 97 heavy (non-hydrogen) atoms. The van der Waals surface area contributed by atoms with Gasteiger partial charge in [-0.1, -0.05) is 279 Å². The molecule has 0 aromatic heterocycles. The van der Waals surface area contributed by atoms with E-state index in [9.17, 15) is 0 Å². The Bertz CT molecular complexity index is 4610. The fourth-order valence-electron chi connectivity index (χ4n) is 15.2. The van der Waals surface area contributed by atoms with Gasteiger partial charge in [0.1, 0.15) is 0 Å². The van der Waals surface area contributed by atoms with Crippen LogP contribution < -0.4 is 0 Å². The van der Waals surface area contributed by atoms with E-state index in [0.717, 1.165) is 57.3 Å². The maximum Gasteiger partial charge on any atom is 0.0711 e. The highest BCUT2D eigenvalue weighted by atomic mass is 14.5. The molecule has 0 bridgehead atoms. The van der Waals surface area contributed by atoms with Crippen molar-refractivity contribution in [1.29, 1.82) is 0 Å². The summed E-state index contributed by atoms with van der Waals surface area (Å²) in [5.41, 5.74) is 34.8. The Kier molecular flexibility index (Phi) is 15.5. The number of benzene rings is 15. The van der Waals surface area contributed by atoms with Crippen molar-refractivity contribution < 1.29 is 0 Å². The normalized spacial score (nSPS) is 12.9. The summed E-state index contributed by atoms with van der Waals surface area (Å²) in [6.45, 7) is 0. The van der Waals surface area contributed by atoms with Crippen molar-refractivity contribution in [3.05, 3.63) is 416 Å². The monoisotopic (exact) mass is 1230 g/mol. The Balaban J connectivity index is 1.01. The lowest BCUT2D eigenvalue weighted by molar-refractivity contribution is 0.758. The molecule has 0 amide bonds. The zero-order chi connectivity index (χ0) is 64.5. The first kappa shape index (κ1) is 58.6. The van der Waals surface area contributed by atoms with Crippen LogP contribution in [0.15, 0.2) is 394 Å². The van der Waals surface area contributed by atoms with E-state index in [-0.39, 0.29) is 0 Å². The molecule has 17 rings (SSSR count). The summed E-state index contributed by atoms with van der Waals surface area (Å²) in [7, 11) is 0. The second-order valence-corrected chi connectivity index (χ2v) is 25.9. The molecule has 0 aliphatic heterocycles. The van der Waals surface area contributed by atoms with Gasteiger partial charge >= 0.3 is 0 Å². The average molecular weight is 1230 g/mol. The van der Waals surface area contributed by atoms with Crippen LogP contribution >= 0.6 is 0 Å². The summed E-state index contributed by atoms with van der Waals surface area (Å²) in [5, 5.41) is 0. The molecule has 0 saturated carbocycles. The zero-order valence-electron chi connectivity index (χ0n) is 53.9. The van der Waals surface area contributed by atoms with E-state index in [0.29, 0.717) is 0 Å². The SMILES string of the molecule is C1=CC2=C(CC1)c1ccccc1C2(c1cc(-c2cc(-c3ccccc3)cc(-c3ccccc3)c2)cc(-c2cc(-c3ccccc3)cc(-c3ccccc3)c2)c1)c1cc(-c2cc(-c3ccccc3)cc(-c3ccccc3)c2)cc(-c2cc(-c3ccccc3)cc(-c3ccccc3)c2)c1. The first-order chi connectivity index (χ1) is 48.0. The minimum absolute atomic E-state index is 0.838. The molecule has 0 spiro atoms. The molecule has 2 aliphatic carbocycles. The van der Waals surface area contributed by atoms with Crippen molar-refractivity contribution in [3.8, 4) is 134 Å². The lowest BCUT2D eigenvalue weighted by atomic mass is 9.64. The van der Waals surface area contributed by atoms with Gasteiger partial charge in [0.15, 0.2) is 0 Å². The summed E-state index contributed by atoms with van der Waals surface area (Å²) < 4.78 is 0. The van der Waals surface area contributed by atoms with Gasteiger partial charge in [-0.15, -0.1) is 0 Å². The summed E-state index contributed by atoms with van der Waals surface area (Å²) in [6.07, 6.45) is 6.83. The van der Waals surface area contributed by atoms with Crippen molar-refractivity contribution in [2.45, 2.75) is 18.3 Å². The van der Waals surface area contributed by atoms with E-state index in [1.165, 1.54) is 122 Å². The van der Waals surface area contributed by atoms with E-state index in [4.69, 9.17) is 0 Å². The van der Waals surface area contributed by atoms with Crippen LogP contribution in [-0.2, 0) is 5.41 Å². The number of fused-ring (bicyclic) bond motifs is 2. The van der Waals surface area contributed by atoms with Crippen molar-refractivity contribution in [1.82, 2.24) is 0 Å². The summed E-state index contributed by atoms with van der Waals surface area (Å²) in [4.78, 5) is 0. The lowest BCUT2D eigenvalue weighted by Crippen LogP contribution is -2.30. The fourth-order valence-corrected chi connectivity index (χ4v) is 15.2. The maximum atomic E-state index is 2.57. The van der Waals surface area contributed by atoms with Crippen LogP contribution in [0.25, 0.3) is 139 Å². The Labute approximate surface area is 569 Å². The molecule has 2 aliphatic rings. The highest BCUT2D eigenvalue weighted by molar-refractivity contribution is 5.94. The van der Waals surface area contributed by atoms with Gasteiger partial charge in [0.05, 0.1) is 5.41 Å². The Morgan fingerprint density at radius 1 is 0.186 bits per heavy atom. The van der Waals surface area contributed by atoms with Crippen molar-refractivity contribution in [2.75, 3.05) is 0 Å². The first-order valence-corrected chi connectivity index (χ1v) is 33.9. The van der Waals surface area contributed by atoms with Gasteiger partial charge in [0, 0.05) is 0 Å². The third-order valence-electron chi connectivity index (χ3n) is 19.9. The fraction of sp³-hybridized carbons (Fsp3) is 0.0309. The van der Waals surface area contributed by atoms with E-state index in [1.54, 1.807) is 0 Å². The lowest BCUT2D eigenvalue weighted by Gasteiger charge is -2.37. The largest absolute Gasteiger partial charge is 0.0839 e. The minimum atomic E-state index is -0.838. The van der Waals surface area contributed by atoms with Crippen LogP contribution in [0.4, 0.5) is 0 Å². The van der Waals surface area contributed by atoms with Gasteiger partial charge in [-0.25, -0.2) is 0 Å². The molecule has 0 nitrogen and oxygen atoms in total. The van der Waals surface area contributed by atoms with E-state index in [1.807, 2.05) is 0 Å². The molecule has 15 aromatic carbocycles. The quantitative estimate of drug-likeness (QED) is 0.102. The molecule has 0 fully saturated rings. The number of hydrogen-bond donors (Lipinski definition) is 0. The zero-order valence-corrected chi connectivity index (χ0v) is 53.9. The second-order valence-electron chi connectivity index (χ2n) is 25.9. The molecule has 0 heteroatoms. The predicted octanol–water partition coefficient (Wildman–Crippen LogP) is 26.1. The minimum Gasteiger partial charge on any atom is -0.0839 e. The molecular weight excluding hydrogens is 1170 g/mol. The second kappa shape index (κ2) is 25.6. The van der Waals surface area contributed by atoms with Crippen molar-refractivity contribution in [3.63, 3.8) is 0 Å². The van der Waals surface area contributed by atoms with E-state index < -0.39 is 5.41 Å². The topological polar surface area (TPSA) is 0 Å². The van der Waals surface area contributed by atoms with Crippen LogP contribution in [0.1, 0.15) is 35.1 Å². The van der Waals surface area contributed by atoms with Gasteiger partial charge in [-0.05, 0) is 289 Å². The summed E-state index contributed by atoms with van der Waals surface area (Å²) in [6, 6.07) is 141. The van der Waals surface area contributed by atoms with E-state index in [2.05, 4.69) is 388 Å². The standard InChI is InChI=1S/C97H68/c1-9-29-67(30-10-1)75-49-76(68-31-11-2-12-32-68)54-83(53-75)87-61-88(84-55-77(69-33-13-3-14-34-69)50-78(56-84)70-35-15-4-16-36-70)64-91(63-87)97(95-47-27-25-45-93(95)94-46-26-28-48-96(94)97)92-65-89(85-57-79(71-37-17-5-18-38-71)51-80(58-85)72-39-19-6-20-40-72)62-90(66-92)86-59-81(73-41-21-7-22-42-73)52-82(60-86)74-43-23-8-24-44-74/h1-25,27-45,47-66H,26,46H2. The smallest absolute Gasteiger partial charge is 0.0711 e. The van der Waals surface area contributed by atoms with Crippen LogP contribution in [0.2, 0.25) is 0 Å². The molecular formula is C97H68. The molecule has 0 saturated heterocycles. The van der Waals surface area contributed by atoms with Crippen molar-refractivity contribution >= 4 is 5.57 Å². The van der Waals surface area contributed by atoms with Gasteiger partial charge in [-0.3, -0.25) is 0 Å². The number of hydrogen-bond acceptors (Lipinski definition) is 0. The highest BCUT2D eigenvalue weighted by Crippen LogP contribution is 2.59. The van der Waals surface area contributed by atoms with E-state index >= 15 is 0 Å². The average Bonchev–Trinajstić information content (AvgIpc) is 1.56. The van der Waals surface area contributed by atoms with Gasteiger partial charge in [0.2, 0.25) is 0 Å². The molecule has 0 N–H and O–H groups in total. The van der Waals surface area contributed by atoms with Gasteiger partial charge in [-0.2, -0.15) is 0 Å². The highest BCUT2D eigenvalue weighted by Gasteiger charge is 2.48. The van der Waals surface area contributed by atoms with Crippen LogP contribution in [-0.4, -0.2) is 0 Å². The van der Waals surface area contributed by atoms with Crippen LogP contribution in [0.3, 0.4) is 0 Å². The summed E-state index contributed by atoms with van der Waals surface area (Å²) in [5.74, 6) is 0. The molecule has 456 valence electrons. The summed E-state index contributed by atoms with van der Waals surface area (Å²) >= 11 is 0. The molecule has 0 heterocycles. The molecule has 0 atom stereocenters. The first-order valence-electron chi connectivity index (χ1n) is 33.9. The number of rotatable bonds is 14. The van der Waals surface area contributed by atoms with Crippen LogP contribution in [0, 0.1) is 0 Å². The Hall–Kier alpha value is -12.2. The van der Waals surface area contributed by atoms with Crippen LogP contribution in [0.5, 0.6) is 0 Å². The third-order valence-corrected chi connectivity index (χ3v) is 19.9. The Morgan fingerprint density at radius 2 is 0.381 bits per heavy atom. The number of allylic oxidation sites excluding steroid dienone is 4. The van der Waals surface area contributed by atoms with Gasteiger partial charge < -0.3 is 0 Å². The predicted molar refractivity (Wildman–Crippen MR) is 410 cm³/mol. The molecule has 15 aromatic rings. The Morgan fingerprint density at radius 3 is 0.619 bits per heavy atom. The van der Waals surface area contributed by atoms with Gasteiger partial charge in [0.25, 0.3) is 0 Å².